The molecule has 0 aromatic heterocycles. The fourth-order valence-electron chi connectivity index (χ4n) is 1.96. The maximum Gasteiger partial charge on any atom is 0.152 e. The fraction of sp³-hybridized carbons (Fsp3) is 0.267. The van der Waals surface area contributed by atoms with Gasteiger partial charge in [-0.2, -0.15) is 0 Å². The molecule has 0 aliphatic heterocycles. The SMILES string of the molecule is COC1=CC(C=O)=C(F)CC1OCc1ccc(Cl)cc1F. The molecule has 1 atom stereocenters. The summed E-state index contributed by atoms with van der Waals surface area (Å²) in [5.74, 6) is -0.744. The van der Waals surface area contributed by atoms with Crippen molar-refractivity contribution < 1.29 is 23.0 Å². The van der Waals surface area contributed by atoms with Crippen LogP contribution in [-0.4, -0.2) is 19.5 Å². The van der Waals surface area contributed by atoms with Crippen molar-refractivity contribution in [3.05, 3.63) is 57.8 Å². The first-order chi connectivity index (χ1) is 10.0. The van der Waals surface area contributed by atoms with E-state index in [1.54, 1.807) is 6.07 Å². The average molecular weight is 315 g/mol. The van der Waals surface area contributed by atoms with Crippen molar-refractivity contribution in [3.63, 3.8) is 0 Å². The second kappa shape index (κ2) is 6.83. The van der Waals surface area contributed by atoms with E-state index in [0.717, 1.165) is 0 Å². The van der Waals surface area contributed by atoms with Crippen molar-refractivity contribution >= 4 is 17.9 Å². The minimum absolute atomic E-state index is 0.0575. The Morgan fingerprint density at radius 2 is 2.19 bits per heavy atom. The monoisotopic (exact) mass is 314 g/mol. The van der Waals surface area contributed by atoms with Crippen molar-refractivity contribution in [2.75, 3.05) is 7.11 Å². The summed E-state index contributed by atoms with van der Waals surface area (Å²) in [6, 6.07) is 4.22. The molecular weight excluding hydrogens is 302 g/mol. The van der Waals surface area contributed by atoms with Gasteiger partial charge in [0.05, 0.1) is 13.7 Å². The van der Waals surface area contributed by atoms with Gasteiger partial charge in [0.1, 0.15) is 23.5 Å². The minimum Gasteiger partial charge on any atom is -0.498 e. The van der Waals surface area contributed by atoms with E-state index in [0.29, 0.717) is 17.6 Å². The first kappa shape index (κ1) is 15.7. The van der Waals surface area contributed by atoms with Crippen LogP contribution in [0.1, 0.15) is 12.0 Å². The van der Waals surface area contributed by atoms with Crippen LogP contribution < -0.4 is 0 Å². The van der Waals surface area contributed by atoms with Gasteiger partial charge >= 0.3 is 0 Å². The zero-order valence-electron chi connectivity index (χ0n) is 11.2. The lowest BCUT2D eigenvalue weighted by Gasteiger charge is -2.23. The quantitative estimate of drug-likeness (QED) is 0.777. The van der Waals surface area contributed by atoms with Gasteiger partial charge in [-0.05, 0) is 18.2 Å². The summed E-state index contributed by atoms with van der Waals surface area (Å²) in [5.41, 5.74) is 0.241. The van der Waals surface area contributed by atoms with Gasteiger partial charge < -0.3 is 9.47 Å². The normalized spacial score (nSPS) is 18.5. The molecule has 21 heavy (non-hydrogen) atoms. The second-order valence-electron chi connectivity index (χ2n) is 4.47. The highest BCUT2D eigenvalue weighted by atomic mass is 35.5. The highest BCUT2D eigenvalue weighted by Crippen LogP contribution is 2.28. The number of allylic oxidation sites excluding steroid dienone is 2. The number of ether oxygens (including phenoxy) is 2. The van der Waals surface area contributed by atoms with Gasteiger partial charge in [-0.25, -0.2) is 8.78 Å². The van der Waals surface area contributed by atoms with Gasteiger partial charge in [0.15, 0.2) is 6.29 Å². The number of methoxy groups -OCH3 is 1. The standard InChI is InChI=1S/C15H13ClF2O3/c1-20-14-4-10(7-19)13(18)6-15(14)21-8-9-2-3-11(16)5-12(9)17/h2-5,7,15H,6,8H2,1H3. The molecule has 6 heteroatoms. The van der Waals surface area contributed by atoms with E-state index >= 15 is 0 Å². The Balaban J connectivity index is 2.08. The van der Waals surface area contributed by atoms with E-state index in [1.165, 1.54) is 25.3 Å². The van der Waals surface area contributed by atoms with E-state index in [9.17, 15) is 13.6 Å². The van der Waals surface area contributed by atoms with Crippen LogP contribution in [0.2, 0.25) is 5.02 Å². The number of hydrogen-bond acceptors (Lipinski definition) is 3. The largest absolute Gasteiger partial charge is 0.498 e. The van der Waals surface area contributed by atoms with E-state index in [1.807, 2.05) is 0 Å². The highest BCUT2D eigenvalue weighted by Gasteiger charge is 2.25. The van der Waals surface area contributed by atoms with Gasteiger partial charge in [-0.3, -0.25) is 4.79 Å². The van der Waals surface area contributed by atoms with Crippen LogP contribution in [0.4, 0.5) is 8.78 Å². The zero-order chi connectivity index (χ0) is 15.4. The summed E-state index contributed by atoms with van der Waals surface area (Å²) >= 11 is 5.66. The molecule has 1 aromatic carbocycles. The smallest absolute Gasteiger partial charge is 0.152 e. The molecular formula is C15H13ClF2O3. The van der Waals surface area contributed by atoms with E-state index < -0.39 is 17.7 Å². The number of aldehydes is 1. The van der Waals surface area contributed by atoms with Crippen LogP contribution in [0.5, 0.6) is 0 Å². The van der Waals surface area contributed by atoms with Crippen LogP contribution in [0.3, 0.4) is 0 Å². The van der Waals surface area contributed by atoms with Crippen molar-refractivity contribution in [2.45, 2.75) is 19.1 Å². The van der Waals surface area contributed by atoms with E-state index in [4.69, 9.17) is 21.1 Å². The minimum atomic E-state index is -0.700. The highest BCUT2D eigenvalue weighted by molar-refractivity contribution is 6.30. The molecule has 1 aromatic rings. The number of carbonyl (C=O) groups is 1. The summed E-state index contributed by atoms with van der Waals surface area (Å²) in [7, 11) is 1.40. The Bertz CT molecular complexity index is 611. The molecule has 1 aliphatic rings. The molecule has 0 amide bonds. The summed E-state index contributed by atoms with van der Waals surface area (Å²) in [6.45, 7) is -0.0575. The Labute approximate surface area is 125 Å². The van der Waals surface area contributed by atoms with Crippen LogP contribution in [0, 0.1) is 5.82 Å². The second-order valence-corrected chi connectivity index (χ2v) is 4.90. The summed E-state index contributed by atoms with van der Waals surface area (Å²) in [4.78, 5) is 10.7. The lowest BCUT2D eigenvalue weighted by molar-refractivity contribution is -0.104. The van der Waals surface area contributed by atoms with E-state index in [-0.39, 0.29) is 23.6 Å². The van der Waals surface area contributed by atoms with Gasteiger partial charge in [0.25, 0.3) is 0 Å². The molecule has 1 aliphatic carbocycles. The Morgan fingerprint density at radius 1 is 1.43 bits per heavy atom. The van der Waals surface area contributed by atoms with Crippen LogP contribution in [0.25, 0.3) is 0 Å². The predicted octanol–water partition coefficient (Wildman–Crippen LogP) is 3.72. The summed E-state index contributed by atoms with van der Waals surface area (Å²) in [6.07, 6.45) is 0.884. The molecule has 0 radical (unpaired) electrons. The Hall–Kier alpha value is -1.72. The lowest BCUT2D eigenvalue weighted by Crippen LogP contribution is -2.21. The zero-order valence-corrected chi connectivity index (χ0v) is 12.0. The molecule has 0 saturated heterocycles. The third-order valence-corrected chi connectivity index (χ3v) is 3.35. The number of halogens is 3. The van der Waals surface area contributed by atoms with Gasteiger partial charge in [0, 0.05) is 22.6 Å². The van der Waals surface area contributed by atoms with Crippen molar-refractivity contribution in [1.82, 2.24) is 0 Å². The van der Waals surface area contributed by atoms with Gasteiger partial charge in [-0.15, -0.1) is 0 Å². The summed E-state index contributed by atoms with van der Waals surface area (Å²) in [5, 5.41) is 0.288. The maximum absolute atomic E-state index is 13.6. The van der Waals surface area contributed by atoms with Crippen molar-refractivity contribution in [2.24, 2.45) is 0 Å². The third-order valence-electron chi connectivity index (χ3n) is 3.11. The van der Waals surface area contributed by atoms with Crippen LogP contribution in [0.15, 0.2) is 41.4 Å². The number of hydrogen-bond donors (Lipinski definition) is 0. The lowest BCUT2D eigenvalue weighted by atomic mass is 10.0. The maximum atomic E-state index is 13.6. The molecule has 2 rings (SSSR count). The average Bonchev–Trinajstić information content (AvgIpc) is 2.46. The molecule has 1 unspecified atom stereocenters. The fourth-order valence-corrected chi connectivity index (χ4v) is 2.12. The van der Waals surface area contributed by atoms with Crippen LogP contribution in [-0.2, 0) is 20.9 Å². The first-order valence-electron chi connectivity index (χ1n) is 6.20. The van der Waals surface area contributed by atoms with Gasteiger partial charge in [-0.1, -0.05) is 17.7 Å². The Kier molecular flexibility index (Phi) is 5.09. The molecule has 0 heterocycles. The predicted molar refractivity (Wildman–Crippen MR) is 73.9 cm³/mol. The van der Waals surface area contributed by atoms with Crippen molar-refractivity contribution in [1.29, 1.82) is 0 Å². The van der Waals surface area contributed by atoms with Crippen molar-refractivity contribution in [3.8, 4) is 0 Å². The summed E-state index contributed by atoms with van der Waals surface area (Å²) < 4.78 is 37.9. The van der Waals surface area contributed by atoms with Gasteiger partial charge in [0.2, 0.25) is 0 Å². The molecule has 0 N–H and O–H groups in total. The topological polar surface area (TPSA) is 35.5 Å². The molecule has 3 nitrogen and oxygen atoms in total. The number of rotatable bonds is 5. The molecule has 0 saturated carbocycles. The van der Waals surface area contributed by atoms with E-state index in [2.05, 4.69) is 0 Å². The molecule has 0 spiro atoms. The first-order valence-corrected chi connectivity index (χ1v) is 6.58. The molecule has 112 valence electrons. The van der Waals surface area contributed by atoms with Crippen LogP contribution >= 0.6 is 11.6 Å². The third kappa shape index (κ3) is 3.68. The number of carbonyl (C=O) groups excluding carboxylic acids is 1. The molecule has 0 bridgehead atoms. The Morgan fingerprint density at radius 3 is 2.81 bits per heavy atom. The molecule has 0 fully saturated rings. The number of benzene rings is 1.